The van der Waals surface area contributed by atoms with E-state index < -0.39 is 17.2 Å². The Balaban J connectivity index is 1.79. The highest BCUT2D eigenvalue weighted by Crippen LogP contribution is 2.17. The summed E-state index contributed by atoms with van der Waals surface area (Å²) in [5, 5.41) is 5.84. The molecule has 0 unspecified atom stereocenters. The fourth-order valence-electron chi connectivity index (χ4n) is 4.28. The number of ether oxygens (including phenoxy) is 1. The van der Waals surface area contributed by atoms with E-state index in [0.717, 1.165) is 31.4 Å². The number of hydrogen-bond acceptors (Lipinski definition) is 5. The van der Waals surface area contributed by atoms with Crippen LogP contribution in [0.1, 0.15) is 91.6 Å². The second-order valence-electron chi connectivity index (χ2n) is 9.45. The monoisotopic (exact) mass is 482 g/mol. The number of rotatable bonds is 10. The van der Waals surface area contributed by atoms with Gasteiger partial charge in [-0.05, 0) is 45.2 Å². The van der Waals surface area contributed by atoms with E-state index in [4.69, 9.17) is 4.74 Å². The zero-order valence-electron chi connectivity index (χ0n) is 20.9. The summed E-state index contributed by atoms with van der Waals surface area (Å²) in [6.07, 6.45) is 13.0. The smallest absolute Gasteiger partial charge is 0.256 e. The number of carbonyl (C=O) groups excluding carboxylic acids is 2. The number of nitrogens with one attached hydrogen (secondary N) is 2. The molecule has 8 nitrogen and oxygen atoms in total. The number of aromatic nitrogens is 2. The number of carbonyl (C=O) groups is 2. The van der Waals surface area contributed by atoms with Gasteiger partial charge in [0.2, 0.25) is 5.43 Å². The van der Waals surface area contributed by atoms with Crippen LogP contribution in [0.4, 0.5) is 0 Å². The van der Waals surface area contributed by atoms with Crippen LogP contribution in [0.15, 0.2) is 41.6 Å². The first-order valence-electron chi connectivity index (χ1n) is 12.8. The predicted octanol–water partition coefficient (Wildman–Crippen LogP) is 3.68. The summed E-state index contributed by atoms with van der Waals surface area (Å²) in [4.78, 5) is 43.6. The van der Waals surface area contributed by atoms with Gasteiger partial charge in [0.25, 0.3) is 11.8 Å². The summed E-state index contributed by atoms with van der Waals surface area (Å²) in [6, 6.07) is 5.61. The molecular formula is C27H38N4O4. The van der Waals surface area contributed by atoms with Crippen LogP contribution in [0.3, 0.4) is 0 Å². The van der Waals surface area contributed by atoms with Crippen LogP contribution in [0.5, 0.6) is 0 Å². The van der Waals surface area contributed by atoms with Crippen molar-refractivity contribution in [3.63, 3.8) is 0 Å². The zero-order valence-corrected chi connectivity index (χ0v) is 20.9. The minimum Gasteiger partial charge on any atom is -0.379 e. The Hall–Kier alpha value is -3.00. The van der Waals surface area contributed by atoms with Crippen molar-refractivity contribution in [3.8, 4) is 0 Å². The fourth-order valence-corrected chi connectivity index (χ4v) is 4.28. The molecule has 1 aliphatic rings. The second-order valence-corrected chi connectivity index (χ2v) is 9.45. The summed E-state index contributed by atoms with van der Waals surface area (Å²) >= 11 is 0. The van der Waals surface area contributed by atoms with E-state index in [-0.39, 0.29) is 23.3 Å². The van der Waals surface area contributed by atoms with E-state index in [9.17, 15) is 14.4 Å². The molecule has 1 saturated carbocycles. The van der Waals surface area contributed by atoms with Crippen LogP contribution < -0.4 is 16.1 Å². The molecular weight excluding hydrogens is 444 g/mol. The molecule has 190 valence electrons. The lowest BCUT2D eigenvalue weighted by molar-refractivity contribution is 0.0757. The van der Waals surface area contributed by atoms with Gasteiger partial charge < -0.3 is 19.9 Å². The number of pyridine rings is 2. The standard InChI is InChI=1S/C27H38N4O4/c1-20(2)35-16-10-15-29-26(33)23-18-31(17-22-13-8-9-14-28-22)19-24(25(23)32)27(34)30-21-11-6-4-3-5-7-12-21/h8-9,13-14,18-21H,3-7,10-12,15-17H2,1-2H3,(H,29,33)(H,30,34). The number of hydrogen-bond donors (Lipinski definition) is 2. The van der Waals surface area contributed by atoms with Gasteiger partial charge in [0.05, 0.1) is 18.3 Å². The van der Waals surface area contributed by atoms with Crippen LogP contribution in [0, 0.1) is 0 Å². The Morgan fingerprint density at radius 2 is 1.74 bits per heavy atom. The Bertz CT molecular complexity index is 1010. The van der Waals surface area contributed by atoms with E-state index >= 15 is 0 Å². The van der Waals surface area contributed by atoms with E-state index in [2.05, 4.69) is 15.6 Å². The molecule has 2 heterocycles. The Kier molecular flexibility index (Phi) is 10.5. The normalized spacial score (nSPS) is 14.8. The Labute approximate surface area is 207 Å². The molecule has 0 aliphatic heterocycles. The van der Waals surface area contributed by atoms with E-state index in [1.165, 1.54) is 31.7 Å². The highest BCUT2D eigenvalue weighted by molar-refractivity contribution is 5.99. The Morgan fingerprint density at radius 1 is 1.06 bits per heavy atom. The molecule has 0 radical (unpaired) electrons. The van der Waals surface area contributed by atoms with Crippen molar-refractivity contribution < 1.29 is 14.3 Å². The van der Waals surface area contributed by atoms with Crippen molar-refractivity contribution in [2.45, 2.75) is 83.9 Å². The molecule has 0 bridgehead atoms. The lowest BCUT2D eigenvalue weighted by Crippen LogP contribution is -2.40. The van der Waals surface area contributed by atoms with Gasteiger partial charge in [-0.25, -0.2) is 0 Å². The molecule has 0 saturated heterocycles. The maximum Gasteiger partial charge on any atom is 0.256 e. The zero-order chi connectivity index (χ0) is 25.0. The maximum absolute atomic E-state index is 13.2. The van der Waals surface area contributed by atoms with Crippen molar-refractivity contribution in [2.24, 2.45) is 0 Å². The average molecular weight is 483 g/mol. The maximum atomic E-state index is 13.2. The van der Waals surface area contributed by atoms with E-state index in [0.29, 0.717) is 26.1 Å². The fraction of sp³-hybridized carbons (Fsp3) is 0.556. The van der Waals surface area contributed by atoms with Crippen LogP contribution >= 0.6 is 0 Å². The highest BCUT2D eigenvalue weighted by Gasteiger charge is 2.22. The van der Waals surface area contributed by atoms with Gasteiger partial charge in [-0.3, -0.25) is 19.4 Å². The second kappa shape index (κ2) is 13.8. The molecule has 1 fully saturated rings. The van der Waals surface area contributed by atoms with Gasteiger partial charge in [-0.2, -0.15) is 0 Å². The van der Waals surface area contributed by atoms with Crippen molar-refractivity contribution >= 4 is 11.8 Å². The van der Waals surface area contributed by atoms with Crippen LogP contribution in [0.25, 0.3) is 0 Å². The first-order valence-corrected chi connectivity index (χ1v) is 12.8. The van der Waals surface area contributed by atoms with Gasteiger partial charge in [0.1, 0.15) is 11.1 Å². The third kappa shape index (κ3) is 8.62. The molecule has 1 aliphatic carbocycles. The van der Waals surface area contributed by atoms with Crippen molar-refractivity contribution in [1.82, 2.24) is 20.2 Å². The summed E-state index contributed by atoms with van der Waals surface area (Å²) in [6.45, 7) is 5.15. The number of amides is 2. The quantitative estimate of drug-likeness (QED) is 0.503. The first-order chi connectivity index (χ1) is 16.9. The summed E-state index contributed by atoms with van der Waals surface area (Å²) in [5.74, 6) is -0.912. The van der Waals surface area contributed by atoms with Gasteiger partial charge in [-0.15, -0.1) is 0 Å². The topological polar surface area (TPSA) is 102 Å². The lowest BCUT2D eigenvalue weighted by atomic mass is 9.96. The van der Waals surface area contributed by atoms with Crippen molar-refractivity contribution in [3.05, 3.63) is 63.8 Å². The van der Waals surface area contributed by atoms with Crippen LogP contribution in [-0.4, -0.2) is 46.7 Å². The lowest BCUT2D eigenvalue weighted by Gasteiger charge is -2.21. The molecule has 0 atom stereocenters. The predicted molar refractivity (Wildman–Crippen MR) is 136 cm³/mol. The summed E-state index contributed by atoms with van der Waals surface area (Å²) < 4.78 is 7.19. The molecule has 3 rings (SSSR count). The van der Waals surface area contributed by atoms with E-state index in [1.54, 1.807) is 10.8 Å². The van der Waals surface area contributed by atoms with Crippen LogP contribution in [0.2, 0.25) is 0 Å². The minimum atomic E-state index is -0.554. The molecule has 2 aromatic rings. The van der Waals surface area contributed by atoms with Crippen molar-refractivity contribution in [2.75, 3.05) is 13.2 Å². The third-order valence-corrected chi connectivity index (χ3v) is 6.14. The Morgan fingerprint density at radius 3 is 2.40 bits per heavy atom. The summed E-state index contributed by atoms with van der Waals surface area (Å²) in [7, 11) is 0. The molecule has 2 aromatic heterocycles. The van der Waals surface area contributed by atoms with Crippen molar-refractivity contribution in [1.29, 1.82) is 0 Å². The molecule has 35 heavy (non-hydrogen) atoms. The summed E-state index contributed by atoms with van der Waals surface area (Å²) in [5.41, 5.74) is 0.149. The molecule has 2 N–H and O–H groups in total. The molecule has 0 aromatic carbocycles. The third-order valence-electron chi connectivity index (χ3n) is 6.14. The molecule has 2 amide bonds. The van der Waals surface area contributed by atoms with Gasteiger partial charge >= 0.3 is 0 Å². The van der Waals surface area contributed by atoms with Gasteiger partial charge in [0, 0.05) is 37.8 Å². The SMILES string of the molecule is CC(C)OCCCNC(=O)c1cn(Cc2ccccn2)cc(C(=O)NC2CCCCCCC2)c1=O. The van der Waals surface area contributed by atoms with Crippen LogP contribution in [-0.2, 0) is 11.3 Å². The van der Waals surface area contributed by atoms with E-state index in [1.807, 2.05) is 32.0 Å². The number of nitrogens with zero attached hydrogens (tertiary/aromatic N) is 2. The van der Waals surface area contributed by atoms with Gasteiger partial charge in [0.15, 0.2) is 0 Å². The average Bonchev–Trinajstić information content (AvgIpc) is 2.81. The first kappa shape index (κ1) is 26.6. The highest BCUT2D eigenvalue weighted by atomic mass is 16.5. The largest absolute Gasteiger partial charge is 0.379 e. The molecule has 8 heteroatoms. The minimum absolute atomic E-state index is 0.0150. The van der Waals surface area contributed by atoms with Gasteiger partial charge in [-0.1, -0.05) is 38.2 Å². The molecule has 0 spiro atoms.